The molecule has 0 saturated carbocycles. The maximum Gasteiger partial charge on any atom is 0.265 e. The quantitative estimate of drug-likeness (QED) is 0.500. The highest BCUT2D eigenvalue weighted by molar-refractivity contribution is 7.90. The monoisotopic (exact) mass is 468 g/mol. The van der Waals surface area contributed by atoms with Gasteiger partial charge in [-0.25, -0.2) is 13.1 Å². The molecule has 0 aliphatic carbocycles. The predicted octanol–water partition coefficient (Wildman–Crippen LogP) is 2.80. The van der Waals surface area contributed by atoms with Gasteiger partial charge in [-0.2, -0.15) is 0 Å². The van der Waals surface area contributed by atoms with E-state index < -0.39 is 15.9 Å². The zero-order chi connectivity index (χ0) is 23.8. The van der Waals surface area contributed by atoms with Gasteiger partial charge < -0.3 is 14.8 Å². The van der Waals surface area contributed by atoms with E-state index in [2.05, 4.69) is 10.0 Å². The topological polar surface area (TPSA) is 111 Å². The standard InChI is InChI=1S/C24H24N2O6S/c1-31-20-7-3-5-18(15-20)23(27)25-14-13-17-9-11-22(12-10-17)33(29,30)26-24(28)19-6-4-8-21(16-19)32-2/h3-12,15-16H,13-14H2,1-2H3,(H,25,27)(H,26,28). The van der Waals surface area contributed by atoms with Crippen molar-refractivity contribution >= 4 is 21.8 Å². The summed E-state index contributed by atoms with van der Waals surface area (Å²) in [5, 5.41) is 2.82. The van der Waals surface area contributed by atoms with Crippen molar-refractivity contribution in [2.45, 2.75) is 11.3 Å². The first-order valence-corrected chi connectivity index (χ1v) is 11.5. The van der Waals surface area contributed by atoms with Crippen LogP contribution in [-0.2, 0) is 16.4 Å². The number of amides is 2. The Bertz CT molecular complexity index is 1240. The molecule has 0 spiro atoms. The molecule has 2 N–H and O–H groups in total. The van der Waals surface area contributed by atoms with Crippen molar-refractivity contribution in [3.63, 3.8) is 0 Å². The summed E-state index contributed by atoms with van der Waals surface area (Å²) in [6, 6.07) is 19.2. The molecule has 0 saturated heterocycles. The first-order valence-electron chi connectivity index (χ1n) is 10.0. The number of nitrogens with one attached hydrogen (secondary N) is 2. The van der Waals surface area contributed by atoms with Crippen molar-refractivity contribution in [2.75, 3.05) is 20.8 Å². The lowest BCUT2D eigenvalue weighted by molar-refractivity contribution is 0.0951. The molecule has 0 heterocycles. The number of methoxy groups -OCH3 is 2. The molecule has 0 aliphatic heterocycles. The summed E-state index contributed by atoms with van der Waals surface area (Å²) >= 11 is 0. The molecular weight excluding hydrogens is 444 g/mol. The Kier molecular flexibility index (Phi) is 7.68. The minimum Gasteiger partial charge on any atom is -0.497 e. The largest absolute Gasteiger partial charge is 0.497 e. The Morgan fingerprint density at radius 1 is 0.788 bits per heavy atom. The van der Waals surface area contributed by atoms with Crippen LogP contribution in [-0.4, -0.2) is 41.0 Å². The molecule has 3 rings (SSSR count). The number of ether oxygens (including phenoxy) is 2. The molecule has 2 amide bonds. The Morgan fingerprint density at radius 3 is 1.88 bits per heavy atom. The lowest BCUT2D eigenvalue weighted by Crippen LogP contribution is -2.30. The molecular formula is C24H24N2O6S. The van der Waals surface area contributed by atoms with Gasteiger partial charge in [0.25, 0.3) is 21.8 Å². The summed E-state index contributed by atoms with van der Waals surface area (Å²) in [6.07, 6.45) is 0.506. The van der Waals surface area contributed by atoms with Gasteiger partial charge in [-0.15, -0.1) is 0 Å². The Labute approximate surface area is 192 Å². The Hall–Kier alpha value is -3.85. The second-order valence-corrected chi connectivity index (χ2v) is 8.73. The summed E-state index contributed by atoms with van der Waals surface area (Å²) in [5.41, 5.74) is 1.49. The molecule has 33 heavy (non-hydrogen) atoms. The van der Waals surface area contributed by atoms with Crippen LogP contribution < -0.4 is 19.5 Å². The number of rotatable bonds is 9. The molecule has 0 bridgehead atoms. The van der Waals surface area contributed by atoms with Gasteiger partial charge in [-0.05, 0) is 60.5 Å². The summed E-state index contributed by atoms with van der Waals surface area (Å²) in [7, 11) is -1.05. The first kappa shape index (κ1) is 23.8. The van der Waals surface area contributed by atoms with E-state index in [-0.39, 0.29) is 16.4 Å². The fourth-order valence-corrected chi connectivity index (χ4v) is 4.00. The van der Waals surface area contributed by atoms with E-state index in [1.165, 1.54) is 38.5 Å². The second kappa shape index (κ2) is 10.6. The van der Waals surface area contributed by atoms with Crippen LogP contribution in [0.4, 0.5) is 0 Å². The molecule has 3 aromatic carbocycles. The molecule has 0 radical (unpaired) electrons. The van der Waals surface area contributed by atoms with Crippen molar-refractivity contribution in [1.82, 2.24) is 10.0 Å². The van der Waals surface area contributed by atoms with Crippen LogP contribution in [0.25, 0.3) is 0 Å². The number of hydrogen-bond acceptors (Lipinski definition) is 6. The van der Waals surface area contributed by atoms with E-state index in [0.717, 1.165) is 5.56 Å². The fourth-order valence-electron chi connectivity index (χ4n) is 3.03. The minimum absolute atomic E-state index is 0.0390. The van der Waals surface area contributed by atoms with Gasteiger partial charge in [0.15, 0.2) is 0 Å². The van der Waals surface area contributed by atoms with Gasteiger partial charge in [0.1, 0.15) is 11.5 Å². The van der Waals surface area contributed by atoms with Crippen LogP contribution in [0.5, 0.6) is 11.5 Å². The predicted molar refractivity (Wildman–Crippen MR) is 123 cm³/mol. The highest BCUT2D eigenvalue weighted by atomic mass is 32.2. The zero-order valence-corrected chi connectivity index (χ0v) is 19.0. The summed E-state index contributed by atoms with van der Waals surface area (Å²) in [4.78, 5) is 24.6. The second-order valence-electron chi connectivity index (χ2n) is 7.05. The number of carbonyl (C=O) groups is 2. The van der Waals surface area contributed by atoms with E-state index >= 15 is 0 Å². The fraction of sp³-hybridized carbons (Fsp3) is 0.167. The van der Waals surface area contributed by atoms with E-state index in [1.54, 1.807) is 48.5 Å². The molecule has 0 unspecified atom stereocenters. The van der Waals surface area contributed by atoms with Gasteiger partial charge in [-0.1, -0.05) is 24.3 Å². The highest BCUT2D eigenvalue weighted by Crippen LogP contribution is 2.15. The third-order valence-electron chi connectivity index (χ3n) is 4.82. The molecule has 0 aromatic heterocycles. The summed E-state index contributed by atoms with van der Waals surface area (Å²) in [5.74, 6) is 0.0624. The van der Waals surface area contributed by atoms with Crippen molar-refractivity contribution in [3.8, 4) is 11.5 Å². The van der Waals surface area contributed by atoms with Crippen molar-refractivity contribution in [3.05, 3.63) is 89.5 Å². The van der Waals surface area contributed by atoms with Gasteiger partial charge >= 0.3 is 0 Å². The van der Waals surface area contributed by atoms with E-state index in [1.807, 2.05) is 0 Å². The number of carbonyl (C=O) groups excluding carboxylic acids is 2. The average molecular weight is 469 g/mol. The smallest absolute Gasteiger partial charge is 0.265 e. The minimum atomic E-state index is -4.04. The molecule has 8 nitrogen and oxygen atoms in total. The number of hydrogen-bond donors (Lipinski definition) is 2. The van der Waals surface area contributed by atoms with E-state index in [0.29, 0.717) is 30.0 Å². The van der Waals surface area contributed by atoms with Crippen LogP contribution in [0.2, 0.25) is 0 Å². The van der Waals surface area contributed by atoms with Crippen LogP contribution in [0.1, 0.15) is 26.3 Å². The average Bonchev–Trinajstić information content (AvgIpc) is 2.84. The van der Waals surface area contributed by atoms with Gasteiger partial charge in [-0.3, -0.25) is 9.59 Å². The van der Waals surface area contributed by atoms with Gasteiger partial charge in [0.2, 0.25) is 0 Å². The molecule has 0 aliphatic rings. The maximum absolute atomic E-state index is 12.6. The summed E-state index contributed by atoms with van der Waals surface area (Å²) < 4.78 is 37.4. The third-order valence-corrected chi connectivity index (χ3v) is 6.17. The molecule has 0 atom stereocenters. The molecule has 9 heteroatoms. The van der Waals surface area contributed by atoms with Gasteiger partial charge in [0, 0.05) is 17.7 Å². The SMILES string of the molecule is COc1cccc(C(=O)NCCc2ccc(S(=O)(=O)NC(=O)c3cccc(OC)c3)cc2)c1. The zero-order valence-electron chi connectivity index (χ0n) is 18.2. The first-order chi connectivity index (χ1) is 15.8. The summed E-state index contributed by atoms with van der Waals surface area (Å²) in [6.45, 7) is 0.370. The van der Waals surface area contributed by atoms with Crippen LogP contribution in [0.3, 0.4) is 0 Å². The Balaban J connectivity index is 1.57. The number of sulfonamides is 1. The van der Waals surface area contributed by atoms with Crippen LogP contribution in [0.15, 0.2) is 77.7 Å². The normalized spacial score (nSPS) is 10.8. The lowest BCUT2D eigenvalue weighted by Gasteiger charge is -2.09. The third kappa shape index (κ3) is 6.33. The maximum atomic E-state index is 12.6. The lowest BCUT2D eigenvalue weighted by atomic mass is 10.1. The van der Waals surface area contributed by atoms with E-state index in [9.17, 15) is 18.0 Å². The number of benzene rings is 3. The van der Waals surface area contributed by atoms with Gasteiger partial charge in [0.05, 0.1) is 19.1 Å². The highest BCUT2D eigenvalue weighted by Gasteiger charge is 2.19. The van der Waals surface area contributed by atoms with Crippen molar-refractivity contribution in [2.24, 2.45) is 0 Å². The van der Waals surface area contributed by atoms with Crippen LogP contribution in [0, 0.1) is 0 Å². The van der Waals surface area contributed by atoms with Crippen molar-refractivity contribution < 1.29 is 27.5 Å². The molecule has 0 fully saturated rings. The molecule has 3 aromatic rings. The molecule has 172 valence electrons. The van der Waals surface area contributed by atoms with Crippen molar-refractivity contribution in [1.29, 1.82) is 0 Å². The Morgan fingerprint density at radius 2 is 1.33 bits per heavy atom. The van der Waals surface area contributed by atoms with Crippen LogP contribution >= 0.6 is 0 Å². The van der Waals surface area contributed by atoms with E-state index in [4.69, 9.17) is 9.47 Å².